The molecule has 6 nitrogen and oxygen atoms in total. The van der Waals surface area contributed by atoms with E-state index in [2.05, 4.69) is 6.07 Å². The van der Waals surface area contributed by atoms with E-state index in [1.165, 1.54) is 7.11 Å². The van der Waals surface area contributed by atoms with Gasteiger partial charge in [-0.1, -0.05) is 0 Å². The first-order chi connectivity index (χ1) is 12.1. The molecule has 0 atom stereocenters. The van der Waals surface area contributed by atoms with Crippen LogP contribution in [0.15, 0.2) is 45.7 Å². The molecule has 2 heterocycles. The Morgan fingerprint density at radius 3 is 2.68 bits per heavy atom. The fourth-order valence-electron chi connectivity index (χ4n) is 2.30. The number of carbonyl (C=O) groups excluding carboxylic acids is 2. The lowest BCUT2D eigenvalue weighted by Crippen LogP contribution is -2.31. The number of amides is 2. The van der Waals surface area contributed by atoms with Gasteiger partial charge in [0.1, 0.15) is 11.5 Å². The van der Waals surface area contributed by atoms with Gasteiger partial charge in [-0.3, -0.25) is 14.5 Å². The van der Waals surface area contributed by atoms with Crippen molar-refractivity contribution in [3.8, 4) is 17.4 Å². The molecule has 1 aliphatic heterocycles. The maximum Gasteiger partial charge on any atom is 0.293 e. The van der Waals surface area contributed by atoms with Gasteiger partial charge in [-0.15, -0.1) is 0 Å². The van der Waals surface area contributed by atoms with Crippen LogP contribution in [-0.2, 0) is 9.53 Å². The van der Waals surface area contributed by atoms with Crippen LogP contribution in [-0.4, -0.2) is 36.3 Å². The second kappa shape index (κ2) is 7.38. The summed E-state index contributed by atoms with van der Waals surface area (Å²) >= 11 is 0.884. The van der Waals surface area contributed by atoms with E-state index in [-0.39, 0.29) is 17.7 Å². The molecule has 2 aromatic rings. The Kier molecular flexibility index (Phi) is 5.03. The number of hydrogen-bond donors (Lipinski definition) is 0. The van der Waals surface area contributed by atoms with Gasteiger partial charge in [0.05, 0.1) is 29.7 Å². The molecular formula is C18H14N2O4S. The Hall–Kier alpha value is -2.82. The third-order valence-electron chi connectivity index (χ3n) is 3.59. The van der Waals surface area contributed by atoms with E-state index in [9.17, 15) is 9.59 Å². The van der Waals surface area contributed by atoms with Crippen molar-refractivity contribution in [1.82, 2.24) is 4.90 Å². The summed E-state index contributed by atoms with van der Waals surface area (Å²) in [4.78, 5) is 25.6. The van der Waals surface area contributed by atoms with Crippen molar-refractivity contribution in [2.75, 3.05) is 20.3 Å². The Bertz CT molecular complexity index is 877. The van der Waals surface area contributed by atoms with Gasteiger partial charge in [-0.2, -0.15) is 5.26 Å². The van der Waals surface area contributed by atoms with E-state index in [1.54, 1.807) is 42.5 Å². The minimum absolute atomic E-state index is 0.229. The molecule has 126 valence electrons. The summed E-state index contributed by atoms with van der Waals surface area (Å²) in [5.74, 6) is 0.759. The lowest BCUT2D eigenvalue weighted by Gasteiger charge is -2.10. The maximum atomic E-state index is 12.3. The summed E-state index contributed by atoms with van der Waals surface area (Å²) in [5, 5.41) is 8.52. The fraction of sp³-hybridized carbons (Fsp3) is 0.167. The van der Waals surface area contributed by atoms with E-state index in [4.69, 9.17) is 14.4 Å². The predicted octanol–water partition coefficient (Wildman–Crippen LogP) is 3.50. The van der Waals surface area contributed by atoms with Gasteiger partial charge in [0.15, 0.2) is 0 Å². The fourth-order valence-corrected chi connectivity index (χ4v) is 3.14. The van der Waals surface area contributed by atoms with Crippen LogP contribution in [0.3, 0.4) is 0 Å². The highest BCUT2D eigenvalue weighted by Gasteiger charge is 2.34. The highest BCUT2D eigenvalue weighted by Crippen LogP contribution is 2.33. The number of imide groups is 1. The highest BCUT2D eigenvalue weighted by atomic mass is 32.2. The average molecular weight is 354 g/mol. The molecule has 1 aliphatic rings. The van der Waals surface area contributed by atoms with Crippen LogP contribution < -0.4 is 0 Å². The zero-order valence-electron chi connectivity index (χ0n) is 13.4. The summed E-state index contributed by atoms with van der Waals surface area (Å²) in [5.41, 5.74) is 1.40. The number of rotatable bonds is 5. The van der Waals surface area contributed by atoms with Gasteiger partial charge in [-0.25, -0.2) is 0 Å². The molecule has 7 heteroatoms. The highest BCUT2D eigenvalue weighted by molar-refractivity contribution is 8.18. The van der Waals surface area contributed by atoms with Crippen molar-refractivity contribution in [1.29, 1.82) is 5.26 Å². The molecule has 0 unspecified atom stereocenters. The molecule has 3 rings (SSSR count). The molecule has 0 N–H and O–H groups in total. The van der Waals surface area contributed by atoms with E-state index in [0.29, 0.717) is 28.6 Å². The minimum atomic E-state index is -0.344. The molecule has 1 aromatic heterocycles. The second-order valence-corrected chi connectivity index (χ2v) is 6.21. The molecule has 1 aromatic carbocycles. The zero-order valence-corrected chi connectivity index (χ0v) is 14.2. The number of benzene rings is 1. The monoisotopic (exact) mass is 354 g/mol. The van der Waals surface area contributed by atoms with Crippen LogP contribution in [0.2, 0.25) is 0 Å². The molecule has 2 amide bonds. The second-order valence-electron chi connectivity index (χ2n) is 5.22. The first-order valence-corrected chi connectivity index (χ1v) is 8.28. The number of thioether (sulfide) groups is 1. The van der Waals surface area contributed by atoms with Gasteiger partial charge in [0, 0.05) is 18.7 Å². The van der Waals surface area contributed by atoms with Gasteiger partial charge >= 0.3 is 0 Å². The molecule has 0 saturated carbocycles. The Morgan fingerprint density at radius 2 is 2.00 bits per heavy atom. The van der Waals surface area contributed by atoms with Crippen LogP contribution >= 0.6 is 11.8 Å². The molecule has 25 heavy (non-hydrogen) atoms. The van der Waals surface area contributed by atoms with Crippen molar-refractivity contribution in [3.05, 3.63) is 52.6 Å². The van der Waals surface area contributed by atoms with E-state index < -0.39 is 0 Å². The van der Waals surface area contributed by atoms with Crippen LogP contribution in [0.25, 0.3) is 17.4 Å². The van der Waals surface area contributed by atoms with Gasteiger partial charge in [0.2, 0.25) is 0 Å². The summed E-state index contributed by atoms with van der Waals surface area (Å²) in [6.07, 6.45) is 1.56. The standard InChI is InChI=1S/C18H14N2O4S/c1-23-9-8-20-17(21)16(25-18(20)22)10-14-6-7-15(24-14)13-4-2-12(11-19)3-5-13/h2-7,10H,8-9H2,1H3/b16-10+. The summed E-state index contributed by atoms with van der Waals surface area (Å²) in [7, 11) is 1.52. The number of methoxy groups -OCH3 is 1. The SMILES string of the molecule is COCCN1C(=O)S/C(=C/c2ccc(-c3ccc(C#N)cc3)o2)C1=O. The average Bonchev–Trinajstić information content (AvgIpc) is 3.19. The first-order valence-electron chi connectivity index (χ1n) is 7.47. The Balaban J connectivity index is 1.78. The largest absolute Gasteiger partial charge is 0.457 e. The van der Waals surface area contributed by atoms with Gasteiger partial charge in [0.25, 0.3) is 11.1 Å². The van der Waals surface area contributed by atoms with E-state index >= 15 is 0 Å². The smallest absolute Gasteiger partial charge is 0.293 e. The number of nitrogens with zero attached hydrogens (tertiary/aromatic N) is 2. The predicted molar refractivity (Wildman–Crippen MR) is 93.4 cm³/mol. The molecule has 1 fully saturated rings. The van der Waals surface area contributed by atoms with Crippen LogP contribution in [0.4, 0.5) is 4.79 Å². The zero-order chi connectivity index (χ0) is 17.8. The molecule has 0 bridgehead atoms. The third-order valence-corrected chi connectivity index (χ3v) is 4.50. The van der Waals surface area contributed by atoms with Crippen molar-refractivity contribution in [2.24, 2.45) is 0 Å². The summed E-state index contributed by atoms with van der Waals surface area (Å²) in [6.45, 7) is 0.530. The van der Waals surface area contributed by atoms with Crippen LogP contribution in [0.5, 0.6) is 0 Å². The van der Waals surface area contributed by atoms with Crippen molar-refractivity contribution >= 4 is 29.0 Å². The number of furan rings is 1. The van der Waals surface area contributed by atoms with E-state index in [1.807, 2.05) is 0 Å². The quantitative estimate of drug-likeness (QED) is 0.764. The first kappa shape index (κ1) is 17.0. The van der Waals surface area contributed by atoms with Crippen molar-refractivity contribution in [3.63, 3.8) is 0 Å². The number of ether oxygens (including phenoxy) is 1. The Morgan fingerprint density at radius 1 is 1.24 bits per heavy atom. The van der Waals surface area contributed by atoms with Crippen molar-refractivity contribution < 1.29 is 18.7 Å². The number of hydrogen-bond acceptors (Lipinski definition) is 6. The maximum absolute atomic E-state index is 12.3. The molecule has 0 radical (unpaired) electrons. The summed E-state index contributed by atoms with van der Waals surface area (Å²) < 4.78 is 10.6. The normalized spacial score (nSPS) is 15.8. The molecule has 0 aliphatic carbocycles. The molecular weight excluding hydrogens is 340 g/mol. The molecule has 0 spiro atoms. The van der Waals surface area contributed by atoms with Crippen LogP contribution in [0, 0.1) is 11.3 Å². The van der Waals surface area contributed by atoms with Gasteiger partial charge in [-0.05, 0) is 48.2 Å². The molecule has 1 saturated heterocycles. The minimum Gasteiger partial charge on any atom is -0.457 e. The Labute approximate surface area is 148 Å². The lowest BCUT2D eigenvalue weighted by molar-refractivity contribution is -0.123. The third kappa shape index (κ3) is 3.65. The van der Waals surface area contributed by atoms with Gasteiger partial charge < -0.3 is 9.15 Å². The lowest BCUT2D eigenvalue weighted by atomic mass is 10.1. The van der Waals surface area contributed by atoms with Crippen LogP contribution in [0.1, 0.15) is 11.3 Å². The van der Waals surface area contributed by atoms with E-state index in [0.717, 1.165) is 22.2 Å². The number of carbonyl (C=O) groups is 2. The van der Waals surface area contributed by atoms with Crippen molar-refractivity contribution in [2.45, 2.75) is 0 Å². The summed E-state index contributed by atoms with van der Waals surface area (Å²) in [6, 6.07) is 12.6. The number of nitriles is 1. The topological polar surface area (TPSA) is 83.5 Å².